The fourth-order valence-electron chi connectivity index (χ4n) is 2.12. The molecule has 0 aromatic rings. The molecule has 2 aliphatic heterocycles. The first-order chi connectivity index (χ1) is 6.77. The number of rotatable bonds is 0. The van der Waals surface area contributed by atoms with Crippen LogP contribution in [0.3, 0.4) is 0 Å². The lowest BCUT2D eigenvalue weighted by Gasteiger charge is -2.31. The van der Waals surface area contributed by atoms with E-state index in [4.69, 9.17) is 0 Å². The van der Waals surface area contributed by atoms with E-state index in [0.717, 1.165) is 39.0 Å². The van der Waals surface area contributed by atoms with Crippen LogP contribution < -0.4 is 0 Å². The number of amides is 2. The third-order valence-corrected chi connectivity index (χ3v) is 3.12. The van der Waals surface area contributed by atoms with Gasteiger partial charge >= 0.3 is 6.03 Å². The predicted molar refractivity (Wildman–Crippen MR) is 56.2 cm³/mol. The zero-order chi connectivity index (χ0) is 9.97. The highest BCUT2D eigenvalue weighted by molar-refractivity contribution is 5.74. The Morgan fingerprint density at radius 1 is 1.00 bits per heavy atom. The van der Waals surface area contributed by atoms with E-state index in [9.17, 15) is 4.79 Å². The smallest absolute Gasteiger partial charge is 0.320 e. The Hall–Kier alpha value is -0.990. The van der Waals surface area contributed by atoms with Crippen LogP contribution >= 0.6 is 0 Å². The topological polar surface area (TPSA) is 23.6 Å². The monoisotopic (exact) mass is 194 g/mol. The second-order valence-corrected chi connectivity index (χ2v) is 4.21. The van der Waals surface area contributed by atoms with Crippen LogP contribution in [0.15, 0.2) is 12.2 Å². The zero-order valence-corrected chi connectivity index (χ0v) is 8.67. The normalized spacial score (nSPS) is 23.0. The summed E-state index contributed by atoms with van der Waals surface area (Å²) >= 11 is 0. The maximum absolute atomic E-state index is 11.9. The third-order valence-electron chi connectivity index (χ3n) is 3.12. The van der Waals surface area contributed by atoms with Crippen LogP contribution in [0, 0.1) is 0 Å². The number of likely N-dealkylation sites (tertiary alicyclic amines) is 2. The molecule has 0 bridgehead atoms. The first kappa shape index (κ1) is 9.56. The number of urea groups is 1. The van der Waals surface area contributed by atoms with Crippen molar-refractivity contribution >= 4 is 6.03 Å². The molecule has 0 spiro atoms. The van der Waals surface area contributed by atoms with Crippen LogP contribution in [0.2, 0.25) is 0 Å². The first-order valence-electron chi connectivity index (χ1n) is 5.48. The van der Waals surface area contributed by atoms with Gasteiger partial charge in [-0.1, -0.05) is 12.2 Å². The van der Waals surface area contributed by atoms with Gasteiger partial charge in [0.25, 0.3) is 0 Å². The summed E-state index contributed by atoms with van der Waals surface area (Å²) < 4.78 is 0. The van der Waals surface area contributed by atoms with E-state index < -0.39 is 0 Å². The molecule has 2 fully saturated rings. The molecule has 0 radical (unpaired) electrons. The Labute approximate surface area is 85.4 Å². The van der Waals surface area contributed by atoms with E-state index >= 15 is 0 Å². The van der Waals surface area contributed by atoms with Crippen molar-refractivity contribution in [2.24, 2.45) is 0 Å². The standard InChI is InChI=1S/C11H18N2O/c1-10-4-8-13(9-5-10)11(14)12-6-2-3-7-12/h1-9H2. The molecule has 14 heavy (non-hydrogen) atoms. The highest BCUT2D eigenvalue weighted by Gasteiger charge is 2.25. The van der Waals surface area contributed by atoms with Gasteiger partial charge in [-0.05, 0) is 25.7 Å². The van der Waals surface area contributed by atoms with Gasteiger partial charge < -0.3 is 9.80 Å². The molecule has 2 rings (SSSR count). The Balaban J connectivity index is 1.88. The number of piperidine rings is 1. The zero-order valence-electron chi connectivity index (χ0n) is 8.67. The lowest BCUT2D eigenvalue weighted by molar-refractivity contribution is 0.159. The van der Waals surface area contributed by atoms with Crippen LogP contribution in [-0.2, 0) is 0 Å². The number of hydrogen-bond acceptors (Lipinski definition) is 1. The minimum Gasteiger partial charge on any atom is -0.325 e. The third kappa shape index (κ3) is 1.91. The predicted octanol–water partition coefficient (Wildman–Crippen LogP) is 1.85. The van der Waals surface area contributed by atoms with Crippen LogP contribution in [0.4, 0.5) is 4.79 Å². The largest absolute Gasteiger partial charge is 0.325 e. The molecule has 3 heteroatoms. The molecule has 2 amide bonds. The van der Waals surface area contributed by atoms with E-state index in [1.54, 1.807) is 0 Å². The molecule has 2 heterocycles. The van der Waals surface area contributed by atoms with Crippen LogP contribution in [-0.4, -0.2) is 42.0 Å². The van der Waals surface area contributed by atoms with Gasteiger partial charge in [0.2, 0.25) is 0 Å². The second-order valence-electron chi connectivity index (χ2n) is 4.21. The molecule has 2 aliphatic rings. The molecule has 0 N–H and O–H groups in total. The maximum Gasteiger partial charge on any atom is 0.320 e. The van der Waals surface area contributed by atoms with Crippen LogP contribution in [0.25, 0.3) is 0 Å². The van der Waals surface area contributed by atoms with Gasteiger partial charge in [-0.15, -0.1) is 0 Å². The summed E-state index contributed by atoms with van der Waals surface area (Å²) in [5.74, 6) is 0. The van der Waals surface area contributed by atoms with Gasteiger partial charge in [0, 0.05) is 26.2 Å². The van der Waals surface area contributed by atoms with Crippen molar-refractivity contribution in [3.63, 3.8) is 0 Å². The van der Waals surface area contributed by atoms with Crippen molar-refractivity contribution in [2.75, 3.05) is 26.2 Å². The summed E-state index contributed by atoms with van der Waals surface area (Å²) in [5.41, 5.74) is 1.29. The summed E-state index contributed by atoms with van der Waals surface area (Å²) in [6, 6.07) is 0.245. The average molecular weight is 194 g/mol. The quantitative estimate of drug-likeness (QED) is 0.540. The summed E-state index contributed by atoms with van der Waals surface area (Å²) in [6.07, 6.45) is 4.32. The lowest BCUT2D eigenvalue weighted by Crippen LogP contribution is -2.44. The minimum atomic E-state index is 0.245. The van der Waals surface area contributed by atoms with Crippen LogP contribution in [0.1, 0.15) is 25.7 Å². The van der Waals surface area contributed by atoms with Crippen molar-refractivity contribution in [2.45, 2.75) is 25.7 Å². The molecule has 0 atom stereocenters. The second kappa shape index (κ2) is 4.03. The summed E-state index contributed by atoms with van der Waals surface area (Å²) in [7, 11) is 0. The Morgan fingerprint density at radius 3 is 2.07 bits per heavy atom. The molecule has 0 aromatic carbocycles. The van der Waals surface area contributed by atoms with Crippen molar-refractivity contribution in [1.82, 2.24) is 9.80 Å². The van der Waals surface area contributed by atoms with Crippen molar-refractivity contribution in [1.29, 1.82) is 0 Å². The molecular formula is C11H18N2O. The molecule has 0 saturated carbocycles. The lowest BCUT2D eigenvalue weighted by atomic mass is 10.1. The molecule has 2 saturated heterocycles. The SMILES string of the molecule is C=C1CCN(C(=O)N2CCCC2)CC1. The van der Waals surface area contributed by atoms with Crippen molar-refractivity contribution in [3.8, 4) is 0 Å². The van der Waals surface area contributed by atoms with E-state index in [2.05, 4.69) is 6.58 Å². The van der Waals surface area contributed by atoms with Gasteiger partial charge in [0.1, 0.15) is 0 Å². The van der Waals surface area contributed by atoms with Gasteiger partial charge in [-0.3, -0.25) is 0 Å². The van der Waals surface area contributed by atoms with E-state index in [1.165, 1.54) is 18.4 Å². The molecular weight excluding hydrogens is 176 g/mol. The fourth-order valence-corrected chi connectivity index (χ4v) is 2.12. The maximum atomic E-state index is 11.9. The molecule has 78 valence electrons. The molecule has 0 aromatic heterocycles. The van der Waals surface area contributed by atoms with Gasteiger partial charge in [-0.25, -0.2) is 4.79 Å². The number of hydrogen-bond donors (Lipinski definition) is 0. The van der Waals surface area contributed by atoms with Gasteiger partial charge in [-0.2, -0.15) is 0 Å². The van der Waals surface area contributed by atoms with E-state index in [-0.39, 0.29) is 6.03 Å². The Kier molecular flexibility index (Phi) is 2.75. The van der Waals surface area contributed by atoms with Crippen molar-refractivity contribution < 1.29 is 4.79 Å². The van der Waals surface area contributed by atoms with E-state index in [0.29, 0.717) is 0 Å². The highest BCUT2D eigenvalue weighted by Crippen LogP contribution is 2.17. The number of carbonyl (C=O) groups is 1. The van der Waals surface area contributed by atoms with Crippen LogP contribution in [0.5, 0.6) is 0 Å². The van der Waals surface area contributed by atoms with E-state index in [1.807, 2.05) is 9.80 Å². The summed E-state index contributed by atoms with van der Waals surface area (Å²) in [4.78, 5) is 15.9. The highest BCUT2D eigenvalue weighted by atomic mass is 16.2. The first-order valence-corrected chi connectivity index (χ1v) is 5.48. The minimum absolute atomic E-state index is 0.245. The Bertz CT molecular complexity index is 234. The fraction of sp³-hybridized carbons (Fsp3) is 0.727. The number of nitrogens with zero attached hydrogens (tertiary/aromatic N) is 2. The summed E-state index contributed by atoms with van der Waals surface area (Å²) in [6.45, 7) is 7.60. The Morgan fingerprint density at radius 2 is 1.50 bits per heavy atom. The molecule has 0 unspecified atom stereocenters. The molecule has 0 aliphatic carbocycles. The molecule has 3 nitrogen and oxygen atoms in total. The summed E-state index contributed by atoms with van der Waals surface area (Å²) in [5, 5.41) is 0. The van der Waals surface area contributed by atoms with Gasteiger partial charge in [0.05, 0.1) is 0 Å². The van der Waals surface area contributed by atoms with Crippen molar-refractivity contribution in [3.05, 3.63) is 12.2 Å². The van der Waals surface area contributed by atoms with Gasteiger partial charge in [0.15, 0.2) is 0 Å². The average Bonchev–Trinajstić information content (AvgIpc) is 2.71. The number of carbonyl (C=O) groups excluding carboxylic acids is 1.